The lowest BCUT2D eigenvalue weighted by atomic mass is 9.24. The summed E-state index contributed by atoms with van der Waals surface area (Å²) in [6.45, 7) is 41.2. The number of hydrogen-bond donors (Lipinski definition) is 0. The van der Waals surface area contributed by atoms with Gasteiger partial charge in [-0.25, -0.2) is 0 Å². The van der Waals surface area contributed by atoms with Crippen LogP contribution < -0.4 is 0 Å². The number of hydrogen-bond acceptors (Lipinski definition) is 0. The Balaban J connectivity index is 3.15. The molecule has 148 valence electrons. The van der Waals surface area contributed by atoms with Gasteiger partial charge in [-0.05, 0) is 48.7 Å². The zero-order valence-electron chi connectivity index (χ0n) is 20.5. The van der Waals surface area contributed by atoms with E-state index < -0.39 is 0 Å². The standard InChI is InChI=1S/C25H48/c1-17(2)18(3,4)21(9,10)25(16)23(13,14)19(5,6)22(11,12)24(25,15)20(17,7)8/h1-16H3. The van der Waals surface area contributed by atoms with Crippen LogP contribution in [0.15, 0.2) is 0 Å². The average Bonchev–Trinajstić information content (AvgIpc) is 2.47. The summed E-state index contributed by atoms with van der Waals surface area (Å²) in [7, 11) is 0. The van der Waals surface area contributed by atoms with E-state index in [1.54, 1.807) is 0 Å². The van der Waals surface area contributed by atoms with E-state index in [0.717, 1.165) is 0 Å². The van der Waals surface area contributed by atoms with Gasteiger partial charge in [0.2, 0.25) is 0 Å². The molecule has 0 bridgehead atoms. The van der Waals surface area contributed by atoms with Crippen molar-refractivity contribution >= 4 is 0 Å². The summed E-state index contributed by atoms with van der Waals surface area (Å²) < 4.78 is 0. The Labute approximate surface area is 159 Å². The van der Waals surface area contributed by atoms with Crippen LogP contribution >= 0.6 is 0 Å². The third kappa shape index (κ3) is 1.43. The van der Waals surface area contributed by atoms with Crippen LogP contribution in [-0.2, 0) is 0 Å². The predicted molar refractivity (Wildman–Crippen MR) is 113 cm³/mol. The molecule has 0 nitrogen and oxygen atoms in total. The molecular weight excluding hydrogens is 300 g/mol. The van der Waals surface area contributed by atoms with E-state index in [-0.39, 0.29) is 48.7 Å². The molecule has 0 N–H and O–H groups in total. The molecule has 0 aliphatic heterocycles. The normalized spacial score (nSPS) is 44.2. The smallest absolute Gasteiger partial charge is 0.0148 e. The van der Waals surface area contributed by atoms with Gasteiger partial charge < -0.3 is 0 Å². The molecule has 25 heavy (non-hydrogen) atoms. The van der Waals surface area contributed by atoms with Crippen LogP contribution in [0.5, 0.6) is 0 Å². The van der Waals surface area contributed by atoms with Crippen molar-refractivity contribution in [2.24, 2.45) is 48.7 Å². The minimum atomic E-state index is 0.211. The summed E-state index contributed by atoms with van der Waals surface area (Å²) in [5, 5.41) is 0. The number of fused-ring (bicyclic) bond motifs is 1. The average molecular weight is 349 g/mol. The fraction of sp³-hybridized carbons (Fsp3) is 1.00. The maximum Gasteiger partial charge on any atom is -0.0148 e. The molecule has 0 aromatic heterocycles. The van der Waals surface area contributed by atoms with Gasteiger partial charge in [0.1, 0.15) is 0 Å². The Bertz CT molecular complexity index is 542. The van der Waals surface area contributed by atoms with Gasteiger partial charge in [0.25, 0.3) is 0 Å². The van der Waals surface area contributed by atoms with Crippen molar-refractivity contribution in [1.82, 2.24) is 0 Å². The Morgan fingerprint density at radius 2 is 0.320 bits per heavy atom. The van der Waals surface area contributed by atoms with Crippen molar-refractivity contribution in [3.63, 3.8) is 0 Å². The van der Waals surface area contributed by atoms with Crippen LogP contribution in [0.4, 0.5) is 0 Å². The molecule has 0 aromatic carbocycles. The van der Waals surface area contributed by atoms with Gasteiger partial charge >= 0.3 is 0 Å². The van der Waals surface area contributed by atoms with Crippen LogP contribution in [0.1, 0.15) is 111 Å². The molecule has 2 unspecified atom stereocenters. The molecule has 0 amide bonds. The Hall–Kier alpha value is 0. The lowest BCUT2D eigenvalue weighted by Crippen LogP contribution is -2.74. The second-order valence-electron chi connectivity index (χ2n) is 13.6. The van der Waals surface area contributed by atoms with E-state index in [0.29, 0.717) is 0 Å². The summed E-state index contributed by atoms with van der Waals surface area (Å²) in [6.07, 6.45) is 0. The van der Waals surface area contributed by atoms with Gasteiger partial charge in [0.15, 0.2) is 0 Å². The zero-order chi connectivity index (χ0) is 20.5. The molecule has 2 rings (SSSR count). The van der Waals surface area contributed by atoms with Crippen LogP contribution in [0.3, 0.4) is 0 Å². The van der Waals surface area contributed by atoms with Gasteiger partial charge in [0, 0.05) is 0 Å². The van der Waals surface area contributed by atoms with E-state index in [9.17, 15) is 0 Å². The maximum absolute atomic E-state index is 2.66. The summed E-state index contributed by atoms with van der Waals surface area (Å²) >= 11 is 0. The van der Waals surface area contributed by atoms with Gasteiger partial charge in [-0.15, -0.1) is 0 Å². The molecule has 0 radical (unpaired) electrons. The van der Waals surface area contributed by atoms with E-state index in [2.05, 4.69) is 111 Å². The minimum absolute atomic E-state index is 0.211. The highest BCUT2D eigenvalue weighted by Gasteiger charge is 2.87. The van der Waals surface area contributed by atoms with Crippen LogP contribution in [0.25, 0.3) is 0 Å². The van der Waals surface area contributed by atoms with Crippen molar-refractivity contribution in [2.45, 2.75) is 111 Å². The fourth-order valence-electron chi connectivity index (χ4n) is 8.91. The van der Waals surface area contributed by atoms with Gasteiger partial charge in [-0.2, -0.15) is 0 Å². The van der Waals surface area contributed by atoms with Crippen molar-refractivity contribution < 1.29 is 0 Å². The van der Waals surface area contributed by atoms with Crippen molar-refractivity contribution in [2.75, 3.05) is 0 Å². The Morgan fingerprint density at radius 1 is 0.200 bits per heavy atom. The summed E-state index contributed by atoms with van der Waals surface area (Å²) in [4.78, 5) is 0. The predicted octanol–water partition coefficient (Wildman–Crippen LogP) is 8.21. The van der Waals surface area contributed by atoms with E-state index in [4.69, 9.17) is 0 Å². The van der Waals surface area contributed by atoms with Crippen molar-refractivity contribution in [3.8, 4) is 0 Å². The van der Waals surface area contributed by atoms with Gasteiger partial charge in [-0.1, -0.05) is 111 Å². The molecule has 2 aliphatic rings. The third-order valence-corrected chi connectivity index (χ3v) is 13.8. The van der Waals surface area contributed by atoms with Gasteiger partial charge in [-0.3, -0.25) is 0 Å². The van der Waals surface area contributed by atoms with Crippen LogP contribution in [0.2, 0.25) is 0 Å². The van der Waals surface area contributed by atoms with E-state index in [1.165, 1.54) is 0 Å². The second-order valence-corrected chi connectivity index (χ2v) is 13.6. The zero-order valence-corrected chi connectivity index (χ0v) is 20.5. The molecule has 0 saturated heterocycles. The second kappa shape index (κ2) is 4.35. The highest BCUT2D eigenvalue weighted by Crippen LogP contribution is 2.92. The molecule has 2 saturated carbocycles. The largest absolute Gasteiger partial charge is 0.0588 e. The third-order valence-electron chi connectivity index (χ3n) is 13.8. The van der Waals surface area contributed by atoms with Gasteiger partial charge in [0.05, 0.1) is 0 Å². The van der Waals surface area contributed by atoms with E-state index in [1.807, 2.05) is 0 Å². The topological polar surface area (TPSA) is 0 Å². The first-order valence-corrected chi connectivity index (χ1v) is 10.5. The first kappa shape index (κ1) is 21.3. The quantitative estimate of drug-likeness (QED) is 0.413. The molecule has 2 aliphatic carbocycles. The van der Waals surface area contributed by atoms with Crippen LogP contribution in [-0.4, -0.2) is 0 Å². The van der Waals surface area contributed by atoms with Crippen molar-refractivity contribution in [1.29, 1.82) is 0 Å². The highest BCUT2D eigenvalue weighted by atomic mass is 14.9. The molecule has 0 heteroatoms. The van der Waals surface area contributed by atoms with Crippen molar-refractivity contribution in [3.05, 3.63) is 0 Å². The summed E-state index contributed by atoms with van der Waals surface area (Å²) in [5.74, 6) is 0. The monoisotopic (exact) mass is 348 g/mol. The molecular formula is C25H48. The maximum atomic E-state index is 2.66. The minimum Gasteiger partial charge on any atom is -0.0588 e. The molecule has 0 spiro atoms. The lowest BCUT2D eigenvalue weighted by Gasteiger charge is -2.79. The molecule has 2 fully saturated rings. The Kier molecular flexibility index (Phi) is 3.71. The SMILES string of the molecule is CC1(C)C(C)(C)C(C)(C)C2(C)C(C)(C)C(C)(C)C(C)(C)C2(C)C1(C)C. The highest BCUT2D eigenvalue weighted by molar-refractivity contribution is 5.34. The fourth-order valence-corrected chi connectivity index (χ4v) is 8.91. The molecule has 0 heterocycles. The first-order chi connectivity index (χ1) is 10.5. The first-order valence-electron chi connectivity index (χ1n) is 10.5. The number of rotatable bonds is 0. The van der Waals surface area contributed by atoms with E-state index >= 15 is 0 Å². The molecule has 2 atom stereocenters. The molecule has 0 aromatic rings. The lowest BCUT2D eigenvalue weighted by molar-refractivity contribution is -0.321. The van der Waals surface area contributed by atoms with Crippen LogP contribution in [0, 0.1) is 48.7 Å². The Morgan fingerprint density at radius 3 is 0.480 bits per heavy atom. The summed E-state index contributed by atoms with van der Waals surface area (Å²) in [6, 6.07) is 0. The summed E-state index contributed by atoms with van der Waals surface area (Å²) in [5.41, 5.74) is 2.00.